The minimum Gasteiger partial charge on any atom is -0.381 e. The number of carbonyl (C=O) groups excluding carboxylic acids is 1. The number of likely N-dealkylation sites (tertiary alicyclic amines) is 1. The summed E-state index contributed by atoms with van der Waals surface area (Å²) < 4.78 is 5.42. The van der Waals surface area contributed by atoms with Gasteiger partial charge in [0, 0.05) is 26.3 Å². The van der Waals surface area contributed by atoms with E-state index in [9.17, 15) is 4.79 Å². The standard InChI is InChI=1S/C14H17ClN2O2/c15-12-3-1-2-11(16-12)13(18)17-7-4-14(10-17)5-8-19-9-6-14/h1-3H,4-10H2. The van der Waals surface area contributed by atoms with Gasteiger partial charge in [-0.25, -0.2) is 4.98 Å². The average Bonchev–Trinajstić information content (AvgIpc) is 2.82. The first-order valence-corrected chi connectivity index (χ1v) is 7.06. The molecule has 3 heterocycles. The maximum absolute atomic E-state index is 12.4. The molecule has 0 saturated carbocycles. The second-order valence-electron chi connectivity index (χ2n) is 5.43. The van der Waals surface area contributed by atoms with Crippen molar-refractivity contribution in [3.63, 3.8) is 0 Å². The highest BCUT2D eigenvalue weighted by atomic mass is 35.5. The summed E-state index contributed by atoms with van der Waals surface area (Å²) in [5.74, 6) is -0.00846. The highest BCUT2D eigenvalue weighted by Gasteiger charge is 2.41. The van der Waals surface area contributed by atoms with Crippen molar-refractivity contribution in [2.24, 2.45) is 5.41 Å². The molecule has 1 amide bonds. The maximum Gasteiger partial charge on any atom is 0.272 e. The number of aromatic nitrogens is 1. The van der Waals surface area contributed by atoms with E-state index in [1.165, 1.54) is 0 Å². The molecular weight excluding hydrogens is 264 g/mol. The Morgan fingerprint density at radius 2 is 2.11 bits per heavy atom. The zero-order chi connectivity index (χ0) is 13.3. The highest BCUT2D eigenvalue weighted by molar-refractivity contribution is 6.29. The molecule has 0 bridgehead atoms. The molecule has 2 aliphatic heterocycles. The van der Waals surface area contributed by atoms with E-state index in [1.54, 1.807) is 18.2 Å². The van der Waals surface area contributed by atoms with E-state index in [0.29, 0.717) is 10.8 Å². The lowest BCUT2D eigenvalue weighted by molar-refractivity contribution is 0.0190. The fourth-order valence-corrected chi connectivity index (χ4v) is 3.17. The van der Waals surface area contributed by atoms with Crippen molar-refractivity contribution in [1.29, 1.82) is 0 Å². The Morgan fingerprint density at radius 3 is 2.84 bits per heavy atom. The van der Waals surface area contributed by atoms with Gasteiger partial charge in [-0.05, 0) is 36.8 Å². The lowest BCUT2D eigenvalue weighted by Gasteiger charge is -2.33. The fraction of sp³-hybridized carbons (Fsp3) is 0.571. The van der Waals surface area contributed by atoms with Crippen LogP contribution in [0.25, 0.3) is 0 Å². The lowest BCUT2D eigenvalue weighted by Crippen LogP contribution is -2.35. The molecule has 0 unspecified atom stereocenters. The number of pyridine rings is 1. The molecule has 0 N–H and O–H groups in total. The van der Waals surface area contributed by atoms with Gasteiger partial charge >= 0.3 is 0 Å². The van der Waals surface area contributed by atoms with Gasteiger partial charge in [0.05, 0.1) is 0 Å². The van der Waals surface area contributed by atoms with E-state index in [0.717, 1.165) is 45.6 Å². The molecule has 2 fully saturated rings. The summed E-state index contributed by atoms with van der Waals surface area (Å²) in [5.41, 5.74) is 0.712. The Kier molecular flexibility index (Phi) is 3.46. The van der Waals surface area contributed by atoms with Crippen LogP contribution in [0, 0.1) is 5.41 Å². The van der Waals surface area contributed by atoms with Gasteiger partial charge in [-0.3, -0.25) is 4.79 Å². The number of halogens is 1. The molecule has 0 radical (unpaired) electrons. The molecule has 5 heteroatoms. The number of hydrogen-bond donors (Lipinski definition) is 0. The molecule has 2 aliphatic rings. The van der Waals surface area contributed by atoms with Gasteiger partial charge < -0.3 is 9.64 Å². The van der Waals surface area contributed by atoms with E-state index in [-0.39, 0.29) is 11.3 Å². The van der Waals surface area contributed by atoms with Gasteiger partial charge in [-0.2, -0.15) is 0 Å². The molecule has 3 rings (SSSR count). The quantitative estimate of drug-likeness (QED) is 0.742. The third-order valence-electron chi connectivity index (χ3n) is 4.21. The summed E-state index contributed by atoms with van der Waals surface area (Å²) >= 11 is 5.84. The van der Waals surface area contributed by atoms with Gasteiger partial charge in [0.1, 0.15) is 10.8 Å². The summed E-state index contributed by atoms with van der Waals surface area (Å²) in [6.45, 7) is 3.27. The SMILES string of the molecule is O=C(c1cccc(Cl)n1)N1CCC2(CCOCC2)C1. The molecular formula is C14H17ClN2O2. The van der Waals surface area contributed by atoms with Gasteiger partial charge in [0.25, 0.3) is 5.91 Å². The first-order valence-electron chi connectivity index (χ1n) is 6.68. The molecule has 19 heavy (non-hydrogen) atoms. The molecule has 102 valence electrons. The van der Waals surface area contributed by atoms with Crippen molar-refractivity contribution < 1.29 is 9.53 Å². The summed E-state index contributed by atoms with van der Waals surface area (Å²) in [7, 11) is 0. The summed E-state index contributed by atoms with van der Waals surface area (Å²) in [6, 6.07) is 5.17. The predicted molar refractivity (Wildman–Crippen MR) is 72.3 cm³/mol. The third-order valence-corrected chi connectivity index (χ3v) is 4.42. The number of rotatable bonds is 1. The normalized spacial score (nSPS) is 21.8. The van der Waals surface area contributed by atoms with Crippen molar-refractivity contribution in [1.82, 2.24) is 9.88 Å². The number of carbonyl (C=O) groups is 1. The van der Waals surface area contributed by atoms with Crippen LogP contribution in [-0.4, -0.2) is 42.1 Å². The zero-order valence-corrected chi connectivity index (χ0v) is 11.5. The Hall–Kier alpha value is -1.13. The number of nitrogens with zero attached hydrogens (tertiary/aromatic N) is 2. The van der Waals surface area contributed by atoms with Crippen LogP contribution in [-0.2, 0) is 4.74 Å². The second-order valence-corrected chi connectivity index (χ2v) is 5.82. The van der Waals surface area contributed by atoms with Crippen molar-refractivity contribution in [2.75, 3.05) is 26.3 Å². The Bertz CT molecular complexity index is 486. The average molecular weight is 281 g/mol. The smallest absolute Gasteiger partial charge is 0.272 e. The molecule has 4 nitrogen and oxygen atoms in total. The first kappa shape index (κ1) is 12.9. The predicted octanol–water partition coefficient (Wildman–Crippen LogP) is 2.38. The Balaban J connectivity index is 1.72. The van der Waals surface area contributed by atoms with Crippen LogP contribution in [0.5, 0.6) is 0 Å². The number of ether oxygens (including phenoxy) is 1. The number of hydrogen-bond acceptors (Lipinski definition) is 3. The topological polar surface area (TPSA) is 42.4 Å². The van der Waals surface area contributed by atoms with Crippen LogP contribution >= 0.6 is 11.6 Å². The Labute approximate surface area is 117 Å². The lowest BCUT2D eigenvalue weighted by atomic mass is 9.80. The highest BCUT2D eigenvalue weighted by Crippen LogP contribution is 2.39. The molecule has 1 aromatic rings. The van der Waals surface area contributed by atoms with E-state index >= 15 is 0 Å². The van der Waals surface area contributed by atoms with Crippen molar-refractivity contribution in [3.05, 3.63) is 29.0 Å². The molecule has 1 spiro atoms. The molecule has 0 atom stereocenters. The van der Waals surface area contributed by atoms with Crippen LogP contribution in [0.3, 0.4) is 0 Å². The fourth-order valence-electron chi connectivity index (χ4n) is 3.01. The van der Waals surface area contributed by atoms with Gasteiger partial charge in [-0.1, -0.05) is 17.7 Å². The summed E-state index contributed by atoms with van der Waals surface area (Å²) in [4.78, 5) is 18.4. The van der Waals surface area contributed by atoms with Gasteiger partial charge in [0.2, 0.25) is 0 Å². The van der Waals surface area contributed by atoms with Crippen LogP contribution in [0.1, 0.15) is 29.8 Å². The van der Waals surface area contributed by atoms with E-state index in [2.05, 4.69) is 4.98 Å². The van der Waals surface area contributed by atoms with Crippen LogP contribution in [0.15, 0.2) is 18.2 Å². The zero-order valence-electron chi connectivity index (χ0n) is 10.8. The monoisotopic (exact) mass is 280 g/mol. The number of amides is 1. The van der Waals surface area contributed by atoms with Crippen LogP contribution in [0.4, 0.5) is 0 Å². The third kappa shape index (κ3) is 2.60. The molecule has 0 aliphatic carbocycles. The van der Waals surface area contributed by atoms with E-state index < -0.39 is 0 Å². The van der Waals surface area contributed by atoms with E-state index in [4.69, 9.17) is 16.3 Å². The van der Waals surface area contributed by atoms with Crippen molar-refractivity contribution >= 4 is 17.5 Å². The van der Waals surface area contributed by atoms with Crippen LogP contribution in [0.2, 0.25) is 5.15 Å². The van der Waals surface area contributed by atoms with E-state index in [1.807, 2.05) is 4.90 Å². The second kappa shape index (κ2) is 5.10. The minimum absolute atomic E-state index is 0.00846. The first-order chi connectivity index (χ1) is 9.19. The largest absolute Gasteiger partial charge is 0.381 e. The van der Waals surface area contributed by atoms with Crippen molar-refractivity contribution in [3.8, 4) is 0 Å². The Morgan fingerprint density at radius 1 is 1.32 bits per heavy atom. The van der Waals surface area contributed by atoms with Gasteiger partial charge in [0.15, 0.2) is 0 Å². The molecule has 2 saturated heterocycles. The van der Waals surface area contributed by atoms with Gasteiger partial charge in [-0.15, -0.1) is 0 Å². The molecule has 1 aromatic heterocycles. The summed E-state index contributed by atoms with van der Waals surface area (Å²) in [6.07, 6.45) is 3.18. The molecule has 0 aromatic carbocycles. The maximum atomic E-state index is 12.4. The van der Waals surface area contributed by atoms with Crippen molar-refractivity contribution in [2.45, 2.75) is 19.3 Å². The summed E-state index contributed by atoms with van der Waals surface area (Å²) in [5, 5.41) is 0.367. The minimum atomic E-state index is -0.00846. The van der Waals surface area contributed by atoms with Crippen LogP contribution < -0.4 is 0 Å².